The summed E-state index contributed by atoms with van der Waals surface area (Å²) in [6, 6.07) is 0. The van der Waals surface area contributed by atoms with Crippen LogP contribution in [0.4, 0.5) is 4.79 Å². The Balaban J connectivity index is 2.45. The number of rotatable bonds is 4. The second-order valence-corrected chi connectivity index (χ2v) is 6.18. The van der Waals surface area contributed by atoms with E-state index in [0.717, 1.165) is 11.8 Å². The van der Waals surface area contributed by atoms with Gasteiger partial charge in [0.1, 0.15) is 11.2 Å². The van der Waals surface area contributed by atoms with Crippen LogP contribution in [-0.4, -0.2) is 47.2 Å². The zero-order chi connectivity index (χ0) is 13.1. The first kappa shape index (κ1) is 14.8. The minimum absolute atomic E-state index is 0.171. The van der Waals surface area contributed by atoms with Gasteiger partial charge in [0, 0.05) is 11.9 Å². The molecule has 0 bridgehead atoms. The first-order chi connectivity index (χ1) is 7.82. The summed E-state index contributed by atoms with van der Waals surface area (Å²) in [5.74, 6) is 0. The fourth-order valence-electron chi connectivity index (χ4n) is 1.90. The van der Waals surface area contributed by atoms with Crippen LogP contribution in [0.5, 0.6) is 0 Å². The number of halogens is 1. The Bertz CT molecular complexity index is 261. The molecule has 1 saturated heterocycles. The number of amides is 1. The van der Waals surface area contributed by atoms with Crippen molar-refractivity contribution in [3.8, 4) is 0 Å². The van der Waals surface area contributed by atoms with Gasteiger partial charge in [-0.1, -0.05) is 15.9 Å². The molecule has 0 spiro atoms. The number of alkyl halides is 1. The lowest BCUT2D eigenvalue weighted by atomic mass is 9.91. The smallest absolute Gasteiger partial charge is 0.410 e. The fraction of sp³-hybridized carbons (Fsp3) is 0.917. The molecule has 1 fully saturated rings. The van der Waals surface area contributed by atoms with Gasteiger partial charge in [-0.05, 0) is 34.1 Å². The first-order valence-electron chi connectivity index (χ1n) is 6.00. The second kappa shape index (κ2) is 5.57. The molecule has 0 atom stereocenters. The van der Waals surface area contributed by atoms with Gasteiger partial charge in [-0.15, -0.1) is 0 Å². The normalized spacial score (nSPS) is 18.8. The number of ether oxygens (including phenoxy) is 2. The van der Waals surface area contributed by atoms with Crippen LogP contribution in [0, 0.1) is 0 Å². The van der Waals surface area contributed by atoms with Gasteiger partial charge in [0.25, 0.3) is 0 Å². The van der Waals surface area contributed by atoms with Crippen molar-refractivity contribution in [1.82, 2.24) is 4.90 Å². The number of likely N-dealkylation sites (tertiary alicyclic amines) is 1. The van der Waals surface area contributed by atoms with Crippen LogP contribution in [0.1, 0.15) is 34.1 Å². The molecule has 0 aromatic rings. The molecular formula is C12H22BrNO3. The Kier molecular flexibility index (Phi) is 4.84. The molecule has 1 aliphatic rings. The van der Waals surface area contributed by atoms with Gasteiger partial charge in [-0.3, -0.25) is 0 Å². The summed E-state index contributed by atoms with van der Waals surface area (Å²) in [7, 11) is 0. The number of carbonyl (C=O) groups is 1. The van der Waals surface area contributed by atoms with Crippen LogP contribution in [0.25, 0.3) is 0 Å². The highest BCUT2D eigenvalue weighted by atomic mass is 79.9. The molecule has 1 aliphatic heterocycles. The Morgan fingerprint density at radius 2 is 2.00 bits per heavy atom. The maximum absolute atomic E-state index is 11.8. The Labute approximate surface area is 112 Å². The van der Waals surface area contributed by atoms with Gasteiger partial charge in [0.2, 0.25) is 0 Å². The summed E-state index contributed by atoms with van der Waals surface area (Å²) >= 11 is 3.42. The lowest BCUT2D eigenvalue weighted by Gasteiger charge is -2.49. The van der Waals surface area contributed by atoms with Crippen molar-refractivity contribution in [2.45, 2.75) is 45.3 Å². The highest BCUT2D eigenvalue weighted by molar-refractivity contribution is 9.09. The Hall–Kier alpha value is -0.290. The molecule has 1 amide bonds. The fourth-order valence-corrected chi connectivity index (χ4v) is 2.63. The summed E-state index contributed by atoms with van der Waals surface area (Å²) < 4.78 is 11.0. The molecule has 4 nitrogen and oxygen atoms in total. The van der Waals surface area contributed by atoms with Crippen LogP contribution >= 0.6 is 15.9 Å². The van der Waals surface area contributed by atoms with Gasteiger partial charge in [-0.2, -0.15) is 0 Å². The zero-order valence-corrected chi connectivity index (χ0v) is 12.7. The lowest BCUT2D eigenvalue weighted by Crippen LogP contribution is -2.65. The van der Waals surface area contributed by atoms with E-state index in [1.54, 1.807) is 4.90 Å². The van der Waals surface area contributed by atoms with E-state index in [4.69, 9.17) is 9.47 Å². The highest BCUT2D eigenvalue weighted by Crippen LogP contribution is 2.30. The predicted octanol–water partition coefficient (Wildman–Crippen LogP) is 2.80. The molecule has 100 valence electrons. The van der Waals surface area contributed by atoms with Crippen molar-refractivity contribution >= 4 is 22.0 Å². The minimum Gasteiger partial charge on any atom is -0.444 e. The third-order valence-electron chi connectivity index (χ3n) is 2.61. The van der Waals surface area contributed by atoms with Gasteiger partial charge < -0.3 is 14.4 Å². The van der Waals surface area contributed by atoms with Gasteiger partial charge in [0.05, 0.1) is 13.1 Å². The largest absolute Gasteiger partial charge is 0.444 e. The van der Waals surface area contributed by atoms with E-state index in [-0.39, 0.29) is 11.7 Å². The van der Waals surface area contributed by atoms with E-state index in [1.165, 1.54) is 0 Å². The molecule has 0 aromatic carbocycles. The third-order valence-corrected chi connectivity index (χ3v) is 3.01. The van der Waals surface area contributed by atoms with Crippen LogP contribution in [0.2, 0.25) is 0 Å². The monoisotopic (exact) mass is 307 g/mol. The molecule has 0 aliphatic carbocycles. The second-order valence-electron chi connectivity index (χ2n) is 5.39. The third kappa shape index (κ3) is 4.14. The molecule has 0 radical (unpaired) electrons. The number of carbonyl (C=O) groups excluding carboxylic acids is 1. The van der Waals surface area contributed by atoms with E-state index < -0.39 is 5.60 Å². The van der Waals surface area contributed by atoms with Crippen LogP contribution in [0.3, 0.4) is 0 Å². The summed E-state index contributed by atoms with van der Waals surface area (Å²) in [4.78, 5) is 13.5. The van der Waals surface area contributed by atoms with E-state index in [2.05, 4.69) is 15.9 Å². The molecule has 5 heteroatoms. The Morgan fingerprint density at radius 1 is 1.41 bits per heavy atom. The quantitative estimate of drug-likeness (QED) is 0.750. The SMILES string of the molecule is CCOC1(CCBr)CN(C(=O)OC(C)(C)C)C1. The van der Waals surface area contributed by atoms with Crippen molar-refractivity contribution in [3.63, 3.8) is 0 Å². The maximum atomic E-state index is 11.8. The van der Waals surface area contributed by atoms with Crippen molar-refractivity contribution in [1.29, 1.82) is 0 Å². The van der Waals surface area contributed by atoms with E-state index >= 15 is 0 Å². The van der Waals surface area contributed by atoms with Gasteiger partial charge in [-0.25, -0.2) is 4.79 Å². The zero-order valence-electron chi connectivity index (χ0n) is 11.1. The predicted molar refractivity (Wildman–Crippen MR) is 70.6 cm³/mol. The average Bonchev–Trinajstić information content (AvgIpc) is 2.10. The molecule has 0 N–H and O–H groups in total. The molecule has 0 saturated carbocycles. The number of hydrogen-bond acceptors (Lipinski definition) is 3. The molecule has 0 aromatic heterocycles. The standard InChI is InChI=1S/C12H22BrNO3/c1-5-16-12(6-7-13)8-14(9-12)10(15)17-11(2,3)4/h5-9H2,1-4H3. The van der Waals surface area contributed by atoms with Crippen LogP contribution < -0.4 is 0 Å². The van der Waals surface area contributed by atoms with Crippen LogP contribution in [-0.2, 0) is 9.47 Å². The average molecular weight is 308 g/mol. The summed E-state index contributed by atoms with van der Waals surface area (Å²) in [6.07, 6.45) is 0.669. The van der Waals surface area contributed by atoms with E-state index in [1.807, 2.05) is 27.7 Å². The first-order valence-corrected chi connectivity index (χ1v) is 7.12. The van der Waals surface area contributed by atoms with E-state index in [0.29, 0.717) is 19.7 Å². The minimum atomic E-state index is -0.434. The molecule has 1 heterocycles. The van der Waals surface area contributed by atoms with Crippen molar-refractivity contribution in [2.24, 2.45) is 0 Å². The molecule has 17 heavy (non-hydrogen) atoms. The Morgan fingerprint density at radius 3 is 2.41 bits per heavy atom. The topological polar surface area (TPSA) is 38.8 Å². The highest BCUT2D eigenvalue weighted by Gasteiger charge is 2.46. The van der Waals surface area contributed by atoms with E-state index in [9.17, 15) is 4.79 Å². The van der Waals surface area contributed by atoms with Crippen molar-refractivity contribution in [3.05, 3.63) is 0 Å². The lowest BCUT2D eigenvalue weighted by molar-refractivity contribution is -0.137. The van der Waals surface area contributed by atoms with Gasteiger partial charge in [0.15, 0.2) is 0 Å². The van der Waals surface area contributed by atoms with Gasteiger partial charge >= 0.3 is 6.09 Å². The molecule has 1 rings (SSSR count). The molecule has 0 unspecified atom stereocenters. The number of nitrogens with zero attached hydrogens (tertiary/aromatic N) is 1. The number of hydrogen-bond donors (Lipinski definition) is 0. The summed E-state index contributed by atoms with van der Waals surface area (Å²) in [5.41, 5.74) is -0.606. The molecular weight excluding hydrogens is 286 g/mol. The van der Waals surface area contributed by atoms with Crippen LogP contribution in [0.15, 0.2) is 0 Å². The maximum Gasteiger partial charge on any atom is 0.410 e. The summed E-state index contributed by atoms with van der Waals surface area (Å²) in [5, 5.41) is 0.884. The summed E-state index contributed by atoms with van der Waals surface area (Å²) in [6.45, 7) is 9.53. The van der Waals surface area contributed by atoms with Crippen molar-refractivity contribution < 1.29 is 14.3 Å². The van der Waals surface area contributed by atoms with Crippen molar-refractivity contribution in [2.75, 3.05) is 25.0 Å².